The summed E-state index contributed by atoms with van der Waals surface area (Å²) in [5.41, 5.74) is 0.706. The van der Waals surface area contributed by atoms with Crippen molar-refractivity contribution in [2.75, 3.05) is 0 Å². The van der Waals surface area contributed by atoms with Gasteiger partial charge in [0.05, 0.1) is 6.33 Å². The first-order valence-corrected chi connectivity index (χ1v) is 8.59. The molecule has 1 aromatic rings. The van der Waals surface area contributed by atoms with Gasteiger partial charge < -0.3 is 15.4 Å². The zero-order valence-corrected chi connectivity index (χ0v) is 13.8. The van der Waals surface area contributed by atoms with E-state index < -0.39 is 12.0 Å². The number of amides is 1. The van der Waals surface area contributed by atoms with Crippen LogP contribution < -0.4 is 5.32 Å². The Labute approximate surface area is 137 Å². The smallest absolute Gasteiger partial charge is 0.326 e. The number of H-pyrrole nitrogens is 1. The van der Waals surface area contributed by atoms with Gasteiger partial charge in [-0.3, -0.25) is 4.79 Å². The number of carbonyl (C=O) groups excluding carboxylic acids is 1. The largest absolute Gasteiger partial charge is 0.480 e. The maximum atomic E-state index is 12.1. The van der Waals surface area contributed by atoms with Crippen LogP contribution in [0.1, 0.15) is 57.6 Å². The van der Waals surface area contributed by atoms with Crippen LogP contribution in [0.3, 0.4) is 0 Å². The summed E-state index contributed by atoms with van der Waals surface area (Å²) in [7, 11) is 0. The predicted octanol–water partition coefficient (Wildman–Crippen LogP) is 2.52. The molecule has 0 bridgehead atoms. The Morgan fingerprint density at radius 2 is 2.22 bits per heavy atom. The Bertz CT molecular complexity index is 501. The number of nitrogens with zero attached hydrogens (tertiary/aromatic N) is 1. The molecule has 1 aliphatic rings. The van der Waals surface area contributed by atoms with Gasteiger partial charge in [-0.2, -0.15) is 0 Å². The number of carboxylic acids is 1. The molecule has 1 amide bonds. The zero-order valence-electron chi connectivity index (χ0n) is 13.8. The molecule has 1 fully saturated rings. The third kappa shape index (κ3) is 6.04. The van der Waals surface area contributed by atoms with Crippen molar-refractivity contribution < 1.29 is 14.7 Å². The van der Waals surface area contributed by atoms with E-state index in [1.807, 2.05) is 0 Å². The Hall–Kier alpha value is -1.85. The molecule has 1 aliphatic carbocycles. The second kappa shape index (κ2) is 8.70. The van der Waals surface area contributed by atoms with E-state index in [-0.39, 0.29) is 12.3 Å². The van der Waals surface area contributed by atoms with Gasteiger partial charge in [-0.1, -0.05) is 39.0 Å². The number of nitrogens with one attached hydrogen (secondary N) is 2. The predicted molar refractivity (Wildman–Crippen MR) is 86.8 cm³/mol. The molecule has 1 aromatic heterocycles. The number of aromatic amines is 1. The monoisotopic (exact) mass is 321 g/mol. The van der Waals surface area contributed by atoms with Gasteiger partial charge in [0.15, 0.2) is 0 Å². The Morgan fingerprint density at radius 1 is 1.39 bits per heavy atom. The summed E-state index contributed by atoms with van der Waals surface area (Å²) in [6.07, 6.45) is 11.1. The fourth-order valence-corrected chi connectivity index (χ4v) is 3.05. The van der Waals surface area contributed by atoms with Crippen molar-refractivity contribution in [3.05, 3.63) is 18.2 Å². The van der Waals surface area contributed by atoms with Crippen molar-refractivity contribution in [1.29, 1.82) is 0 Å². The van der Waals surface area contributed by atoms with E-state index in [1.165, 1.54) is 38.4 Å². The van der Waals surface area contributed by atoms with Gasteiger partial charge in [0.25, 0.3) is 0 Å². The van der Waals surface area contributed by atoms with E-state index in [0.717, 1.165) is 6.42 Å². The molecular formula is C17H27N3O3. The minimum Gasteiger partial charge on any atom is -0.480 e. The zero-order chi connectivity index (χ0) is 16.7. The van der Waals surface area contributed by atoms with Crippen molar-refractivity contribution in [3.8, 4) is 0 Å². The fourth-order valence-electron chi connectivity index (χ4n) is 3.05. The molecule has 6 nitrogen and oxygen atoms in total. The van der Waals surface area contributed by atoms with E-state index in [0.29, 0.717) is 24.0 Å². The molecule has 3 atom stereocenters. The third-order valence-electron chi connectivity index (χ3n) is 4.56. The van der Waals surface area contributed by atoms with Crippen LogP contribution in [0.5, 0.6) is 0 Å². The van der Waals surface area contributed by atoms with Crippen molar-refractivity contribution in [3.63, 3.8) is 0 Å². The lowest BCUT2D eigenvalue weighted by Crippen LogP contribution is -2.42. The van der Waals surface area contributed by atoms with Gasteiger partial charge >= 0.3 is 5.97 Å². The van der Waals surface area contributed by atoms with Crippen molar-refractivity contribution in [2.24, 2.45) is 11.8 Å². The Morgan fingerprint density at radius 3 is 2.87 bits per heavy atom. The van der Waals surface area contributed by atoms with Gasteiger partial charge in [0, 0.05) is 24.7 Å². The summed E-state index contributed by atoms with van der Waals surface area (Å²) in [4.78, 5) is 30.1. The van der Waals surface area contributed by atoms with Crippen LogP contribution in [-0.4, -0.2) is 33.0 Å². The second-order valence-corrected chi connectivity index (χ2v) is 6.55. The van der Waals surface area contributed by atoms with Gasteiger partial charge in [0.1, 0.15) is 6.04 Å². The van der Waals surface area contributed by atoms with Crippen molar-refractivity contribution in [2.45, 2.75) is 64.3 Å². The van der Waals surface area contributed by atoms with E-state index in [4.69, 9.17) is 0 Å². The molecule has 0 saturated heterocycles. The molecule has 0 radical (unpaired) electrons. The van der Waals surface area contributed by atoms with Crippen LogP contribution in [0.25, 0.3) is 0 Å². The first-order valence-electron chi connectivity index (χ1n) is 8.59. The molecule has 6 heteroatoms. The first-order chi connectivity index (χ1) is 11.1. The first kappa shape index (κ1) is 17.5. The third-order valence-corrected chi connectivity index (χ3v) is 4.56. The average molecular weight is 321 g/mol. The molecule has 1 heterocycles. The summed E-state index contributed by atoms with van der Waals surface area (Å²) in [6, 6.07) is -0.898. The van der Waals surface area contributed by atoms with Crippen LogP contribution in [0.2, 0.25) is 0 Å². The summed E-state index contributed by atoms with van der Waals surface area (Å²) in [5.74, 6) is -0.0652. The molecule has 0 unspecified atom stereocenters. The standard InChI is InChI=1S/C17H27N3O3/c1-2-3-4-5-6-12-7-13(12)8-16(21)20-15(17(22)23)9-14-10-18-11-19-14/h10-13,15H,2-9H2,1H3,(H,18,19)(H,20,21)(H,22,23)/t12-,13-,15-/m0/s1. The van der Waals surface area contributed by atoms with Crippen LogP contribution in [0.15, 0.2) is 12.5 Å². The second-order valence-electron chi connectivity index (χ2n) is 6.55. The lowest BCUT2D eigenvalue weighted by atomic mass is 10.1. The topological polar surface area (TPSA) is 95.1 Å². The highest BCUT2D eigenvalue weighted by molar-refractivity contribution is 5.84. The average Bonchev–Trinajstić information content (AvgIpc) is 3.02. The number of hydrogen-bond donors (Lipinski definition) is 3. The molecule has 0 aromatic carbocycles. The normalized spacial score (nSPS) is 20.9. The van der Waals surface area contributed by atoms with Crippen molar-refractivity contribution in [1.82, 2.24) is 15.3 Å². The van der Waals surface area contributed by atoms with E-state index in [1.54, 1.807) is 6.20 Å². The van der Waals surface area contributed by atoms with Crippen LogP contribution >= 0.6 is 0 Å². The van der Waals surface area contributed by atoms with E-state index in [2.05, 4.69) is 22.2 Å². The molecule has 1 saturated carbocycles. The lowest BCUT2D eigenvalue weighted by molar-refractivity contribution is -0.141. The van der Waals surface area contributed by atoms with Gasteiger partial charge in [-0.25, -0.2) is 9.78 Å². The highest BCUT2D eigenvalue weighted by Crippen LogP contribution is 2.44. The molecular weight excluding hydrogens is 294 g/mol. The molecule has 128 valence electrons. The van der Waals surface area contributed by atoms with Crippen LogP contribution in [0, 0.1) is 11.8 Å². The Balaban J connectivity index is 1.68. The van der Waals surface area contributed by atoms with Crippen LogP contribution in [-0.2, 0) is 16.0 Å². The summed E-state index contributed by atoms with van der Waals surface area (Å²) >= 11 is 0. The molecule has 0 aliphatic heterocycles. The molecule has 2 rings (SSSR count). The quantitative estimate of drug-likeness (QED) is 0.546. The number of imidazole rings is 1. The van der Waals surface area contributed by atoms with E-state index in [9.17, 15) is 14.7 Å². The van der Waals surface area contributed by atoms with E-state index >= 15 is 0 Å². The van der Waals surface area contributed by atoms with Gasteiger partial charge in [-0.15, -0.1) is 0 Å². The molecule has 23 heavy (non-hydrogen) atoms. The number of carbonyl (C=O) groups is 2. The van der Waals surface area contributed by atoms with Gasteiger partial charge in [-0.05, 0) is 18.3 Å². The van der Waals surface area contributed by atoms with Crippen LogP contribution in [0.4, 0.5) is 0 Å². The number of aromatic nitrogens is 2. The summed E-state index contributed by atoms with van der Waals surface area (Å²) < 4.78 is 0. The van der Waals surface area contributed by atoms with Crippen molar-refractivity contribution >= 4 is 11.9 Å². The number of aliphatic carboxylic acids is 1. The number of rotatable bonds is 11. The number of unbranched alkanes of at least 4 members (excludes halogenated alkanes) is 3. The minimum absolute atomic E-state index is 0.155. The summed E-state index contributed by atoms with van der Waals surface area (Å²) in [5, 5.41) is 11.9. The summed E-state index contributed by atoms with van der Waals surface area (Å²) in [6.45, 7) is 2.20. The Kier molecular flexibility index (Phi) is 6.62. The maximum absolute atomic E-state index is 12.1. The number of carboxylic acid groups (broad SMARTS) is 1. The highest BCUT2D eigenvalue weighted by Gasteiger charge is 2.38. The number of hydrogen-bond acceptors (Lipinski definition) is 3. The highest BCUT2D eigenvalue weighted by atomic mass is 16.4. The molecule has 3 N–H and O–H groups in total. The maximum Gasteiger partial charge on any atom is 0.326 e. The lowest BCUT2D eigenvalue weighted by Gasteiger charge is -2.13. The molecule has 0 spiro atoms. The fraction of sp³-hybridized carbons (Fsp3) is 0.706. The SMILES string of the molecule is CCCCCC[C@H]1C[C@H]1CC(=O)N[C@@H](Cc1cnc[nH]1)C(=O)O. The van der Waals surface area contributed by atoms with Gasteiger partial charge in [0.2, 0.25) is 5.91 Å². The minimum atomic E-state index is -1.01.